The molecule has 0 bridgehead atoms. The summed E-state index contributed by atoms with van der Waals surface area (Å²) in [5.74, 6) is 1.17. The van der Waals surface area contributed by atoms with Gasteiger partial charge in [-0.2, -0.15) is 12.7 Å². The van der Waals surface area contributed by atoms with E-state index in [-0.39, 0.29) is 13.3 Å². The van der Waals surface area contributed by atoms with Gasteiger partial charge in [-0.25, -0.2) is 4.31 Å². The summed E-state index contributed by atoms with van der Waals surface area (Å²) >= 11 is 0. The van der Waals surface area contributed by atoms with Gasteiger partial charge >= 0.3 is 10.2 Å². The zero-order valence-electron chi connectivity index (χ0n) is 19.5. The van der Waals surface area contributed by atoms with Crippen LogP contribution in [-0.2, 0) is 10.2 Å². The molecule has 1 aromatic heterocycles. The molecule has 3 aromatic carbocycles. The molecule has 0 spiro atoms. The number of ether oxygens (including phenoxy) is 2. The summed E-state index contributed by atoms with van der Waals surface area (Å²) in [5, 5.41) is 15.9. The average Bonchev–Trinajstić information content (AvgIpc) is 3.44. The van der Waals surface area contributed by atoms with Gasteiger partial charge in [-0.1, -0.05) is 24.3 Å². The highest BCUT2D eigenvalue weighted by atomic mass is 32.2. The largest absolute Gasteiger partial charge is 0.492 e. The lowest BCUT2D eigenvalue weighted by molar-refractivity contribution is 0.172. The van der Waals surface area contributed by atoms with Crippen LogP contribution in [0, 0.1) is 0 Å². The Labute approximate surface area is 203 Å². The zero-order valence-corrected chi connectivity index (χ0v) is 20.3. The van der Waals surface area contributed by atoms with Gasteiger partial charge < -0.3 is 24.3 Å². The van der Waals surface area contributed by atoms with E-state index < -0.39 is 16.3 Å². The predicted molar refractivity (Wildman–Crippen MR) is 134 cm³/mol. The average molecular weight is 498 g/mol. The molecule has 0 amide bonds. The highest BCUT2D eigenvalue weighted by Crippen LogP contribution is 2.38. The molecule has 9 nitrogen and oxygen atoms in total. The minimum Gasteiger partial charge on any atom is -0.492 e. The maximum atomic E-state index is 12.5. The second-order valence-electron chi connectivity index (χ2n) is 8.46. The number of hydrogen-bond acceptors (Lipinski definition) is 7. The highest BCUT2D eigenvalue weighted by Gasteiger charge is 2.33. The molecule has 1 aliphatic rings. The molecule has 0 radical (unpaired) electrons. The predicted octanol–water partition coefficient (Wildman–Crippen LogP) is 3.25. The van der Waals surface area contributed by atoms with Gasteiger partial charge in [0.05, 0.1) is 11.8 Å². The molecule has 4 aromatic rings. The van der Waals surface area contributed by atoms with Gasteiger partial charge in [-0.3, -0.25) is 0 Å². The van der Waals surface area contributed by atoms with Crippen molar-refractivity contribution in [1.82, 2.24) is 9.62 Å². The lowest BCUT2D eigenvalue weighted by Crippen LogP contribution is -2.39. The van der Waals surface area contributed by atoms with Gasteiger partial charge in [0.1, 0.15) is 29.3 Å². The minimum atomic E-state index is -3.68. The van der Waals surface area contributed by atoms with Crippen LogP contribution in [0.4, 0.5) is 5.69 Å². The van der Waals surface area contributed by atoms with Crippen LogP contribution in [0.5, 0.6) is 11.5 Å². The minimum absolute atomic E-state index is 0.0925. The molecule has 35 heavy (non-hydrogen) atoms. The maximum absolute atomic E-state index is 12.5. The summed E-state index contributed by atoms with van der Waals surface area (Å²) in [4.78, 5) is 0. The van der Waals surface area contributed by atoms with Crippen molar-refractivity contribution in [2.24, 2.45) is 0 Å². The standard InChI is InChI=1S/C25H27N3O6S/c1-27(2)35(30,31)28-16-33-24-10-7-17(13-21(24)28)22(29)15-26-11-12-32-18-8-9-20-19-5-3-4-6-23(19)34-25(20)14-18/h3-10,13-14,22,26,29H,11-12,15-16H2,1-2H3/t22-/m0/s1. The van der Waals surface area contributed by atoms with E-state index in [1.165, 1.54) is 18.4 Å². The number of rotatable bonds is 9. The number of furan rings is 1. The second kappa shape index (κ2) is 9.38. The van der Waals surface area contributed by atoms with Crippen molar-refractivity contribution in [3.8, 4) is 11.5 Å². The van der Waals surface area contributed by atoms with E-state index in [0.29, 0.717) is 35.9 Å². The molecule has 0 fully saturated rings. The van der Waals surface area contributed by atoms with Crippen molar-refractivity contribution >= 4 is 37.8 Å². The molecule has 2 N–H and O–H groups in total. The lowest BCUT2D eigenvalue weighted by atomic mass is 10.1. The van der Waals surface area contributed by atoms with Crippen molar-refractivity contribution in [2.75, 3.05) is 44.8 Å². The summed E-state index contributed by atoms with van der Waals surface area (Å²) in [7, 11) is -0.753. The van der Waals surface area contributed by atoms with Crippen molar-refractivity contribution in [2.45, 2.75) is 6.10 Å². The Morgan fingerprint density at radius 2 is 1.89 bits per heavy atom. The van der Waals surface area contributed by atoms with Crippen LogP contribution in [-0.4, -0.2) is 58.4 Å². The number of hydrogen-bond donors (Lipinski definition) is 2. The molecule has 5 rings (SSSR count). The van der Waals surface area contributed by atoms with Gasteiger partial charge in [-0.15, -0.1) is 0 Å². The monoisotopic (exact) mass is 497 g/mol. The number of aliphatic hydroxyl groups excluding tert-OH is 1. The van der Waals surface area contributed by atoms with E-state index in [9.17, 15) is 13.5 Å². The smallest absolute Gasteiger partial charge is 0.306 e. The van der Waals surface area contributed by atoms with Gasteiger partial charge in [0.2, 0.25) is 0 Å². The van der Waals surface area contributed by atoms with E-state index >= 15 is 0 Å². The van der Waals surface area contributed by atoms with E-state index in [4.69, 9.17) is 13.9 Å². The molecule has 1 atom stereocenters. The maximum Gasteiger partial charge on any atom is 0.306 e. The van der Waals surface area contributed by atoms with E-state index in [2.05, 4.69) is 5.32 Å². The Morgan fingerprint density at radius 3 is 2.71 bits per heavy atom. The molecule has 1 aliphatic heterocycles. The molecule has 184 valence electrons. The third-order valence-electron chi connectivity index (χ3n) is 5.95. The fraction of sp³-hybridized carbons (Fsp3) is 0.280. The summed E-state index contributed by atoms with van der Waals surface area (Å²) in [6, 6.07) is 18.7. The van der Waals surface area contributed by atoms with Gasteiger partial charge in [0.25, 0.3) is 0 Å². The van der Waals surface area contributed by atoms with Crippen molar-refractivity contribution in [3.63, 3.8) is 0 Å². The molecule has 10 heteroatoms. The third-order valence-corrected chi connectivity index (χ3v) is 7.73. The third kappa shape index (κ3) is 4.53. The van der Waals surface area contributed by atoms with Crippen LogP contribution in [0.15, 0.2) is 65.1 Å². The SMILES string of the molecule is CN(C)S(=O)(=O)N1COc2ccc([C@@H](O)CNCCOc3ccc4c(c3)oc3ccccc34)cc21. The Kier molecular flexibility index (Phi) is 6.28. The van der Waals surface area contributed by atoms with Gasteiger partial charge in [0.15, 0.2) is 6.73 Å². The van der Waals surface area contributed by atoms with Crippen LogP contribution < -0.4 is 19.1 Å². The first kappa shape index (κ1) is 23.4. The number of nitrogens with one attached hydrogen (secondary N) is 1. The van der Waals surface area contributed by atoms with Crippen LogP contribution >= 0.6 is 0 Å². The molecule has 0 saturated carbocycles. The number of nitrogens with zero attached hydrogens (tertiary/aromatic N) is 2. The molecule has 0 unspecified atom stereocenters. The first-order valence-electron chi connectivity index (χ1n) is 11.2. The molecule has 0 aliphatic carbocycles. The van der Waals surface area contributed by atoms with Crippen molar-refractivity contribution in [3.05, 3.63) is 66.2 Å². The summed E-state index contributed by atoms with van der Waals surface area (Å²) in [5.41, 5.74) is 2.63. The zero-order chi connectivity index (χ0) is 24.6. The summed E-state index contributed by atoms with van der Waals surface area (Å²) < 4.78 is 44.6. The van der Waals surface area contributed by atoms with Crippen LogP contribution in [0.2, 0.25) is 0 Å². The van der Waals surface area contributed by atoms with Crippen LogP contribution in [0.1, 0.15) is 11.7 Å². The fourth-order valence-electron chi connectivity index (χ4n) is 4.04. The van der Waals surface area contributed by atoms with E-state index in [1.807, 2.05) is 42.5 Å². The van der Waals surface area contributed by atoms with Crippen molar-refractivity contribution in [1.29, 1.82) is 0 Å². The normalized spacial score (nSPS) is 14.5. The number of benzene rings is 3. The first-order chi connectivity index (χ1) is 16.8. The molecule has 0 saturated heterocycles. The summed E-state index contributed by atoms with van der Waals surface area (Å²) in [6.07, 6.45) is -0.822. The highest BCUT2D eigenvalue weighted by molar-refractivity contribution is 7.90. The Hall–Kier alpha value is -3.31. The fourth-order valence-corrected chi connectivity index (χ4v) is 5.01. The van der Waals surface area contributed by atoms with Crippen LogP contribution in [0.25, 0.3) is 21.9 Å². The summed E-state index contributed by atoms with van der Waals surface area (Å²) in [6.45, 7) is 1.12. The lowest BCUT2D eigenvalue weighted by Gasteiger charge is -2.22. The Balaban J connectivity index is 1.15. The second-order valence-corrected chi connectivity index (χ2v) is 10.5. The first-order valence-corrected chi connectivity index (χ1v) is 12.6. The Bertz CT molecular complexity index is 1470. The Morgan fingerprint density at radius 1 is 1.09 bits per heavy atom. The van der Waals surface area contributed by atoms with Gasteiger partial charge in [0, 0.05) is 44.0 Å². The van der Waals surface area contributed by atoms with E-state index in [1.54, 1.807) is 18.2 Å². The van der Waals surface area contributed by atoms with E-state index in [0.717, 1.165) is 26.2 Å². The number of fused-ring (bicyclic) bond motifs is 4. The number of aliphatic hydroxyl groups is 1. The molecular formula is C25H27N3O6S. The number of anilines is 1. The topological polar surface area (TPSA) is 104 Å². The quantitative estimate of drug-likeness (QED) is 0.342. The van der Waals surface area contributed by atoms with Crippen molar-refractivity contribution < 1.29 is 27.4 Å². The molecular weight excluding hydrogens is 470 g/mol. The van der Waals surface area contributed by atoms with Gasteiger partial charge in [-0.05, 0) is 35.9 Å². The van der Waals surface area contributed by atoms with Crippen LogP contribution in [0.3, 0.4) is 0 Å². The molecule has 2 heterocycles. The number of para-hydroxylation sites is 1.